The van der Waals surface area contributed by atoms with Crippen molar-refractivity contribution >= 4 is 28.5 Å². The van der Waals surface area contributed by atoms with E-state index in [0.717, 1.165) is 30.2 Å². The van der Waals surface area contributed by atoms with E-state index < -0.39 is 34.8 Å². The predicted molar refractivity (Wildman–Crippen MR) is 115 cm³/mol. The Morgan fingerprint density at radius 1 is 1.26 bits per heavy atom. The van der Waals surface area contributed by atoms with Gasteiger partial charge in [-0.25, -0.2) is 32.5 Å². The number of ether oxygens (including phenoxy) is 2. The van der Waals surface area contributed by atoms with E-state index in [0.29, 0.717) is 0 Å². The first kappa shape index (κ1) is 22.8. The fourth-order valence-corrected chi connectivity index (χ4v) is 4.87. The number of alkyl halides is 3. The molecule has 3 atom stereocenters. The van der Waals surface area contributed by atoms with Crippen molar-refractivity contribution in [2.75, 3.05) is 30.9 Å². The normalized spacial score (nSPS) is 29.2. The number of halogens is 4. The third-order valence-electron chi connectivity index (χ3n) is 6.05. The van der Waals surface area contributed by atoms with Crippen LogP contribution in [-0.4, -0.2) is 58.2 Å². The first-order valence-electron chi connectivity index (χ1n) is 10.3. The van der Waals surface area contributed by atoms with Gasteiger partial charge in [-0.1, -0.05) is 11.8 Å². The lowest BCUT2D eigenvalue weighted by Crippen LogP contribution is -2.52. The zero-order valence-electron chi connectivity index (χ0n) is 17.6. The van der Waals surface area contributed by atoms with Gasteiger partial charge in [-0.3, -0.25) is 4.79 Å². The summed E-state index contributed by atoms with van der Waals surface area (Å²) in [4.78, 5) is 24.7. The van der Waals surface area contributed by atoms with Crippen LogP contribution in [0.1, 0.15) is 22.5 Å². The summed E-state index contributed by atoms with van der Waals surface area (Å²) in [6, 6.07) is 3.71. The summed E-state index contributed by atoms with van der Waals surface area (Å²) < 4.78 is 66.9. The molecule has 1 amide bonds. The number of benzene rings is 1. The molecule has 2 aromatic rings. The van der Waals surface area contributed by atoms with Crippen molar-refractivity contribution in [3.8, 4) is 5.88 Å². The van der Waals surface area contributed by atoms with E-state index in [2.05, 4.69) is 20.3 Å². The largest absolute Gasteiger partial charge is 0.476 e. The van der Waals surface area contributed by atoms with Crippen LogP contribution in [0.4, 0.5) is 23.2 Å². The molecule has 1 aromatic heterocycles. The second kappa shape index (κ2) is 8.08. The topological polar surface area (TPSA) is 112 Å². The molecule has 0 bridgehead atoms. The molecule has 13 heteroatoms. The maximum atomic E-state index is 15.7. The molecule has 1 saturated carbocycles. The highest BCUT2D eigenvalue weighted by atomic mass is 32.2. The third kappa shape index (κ3) is 3.96. The van der Waals surface area contributed by atoms with Crippen LogP contribution in [0.3, 0.4) is 0 Å². The molecule has 1 saturated heterocycles. The van der Waals surface area contributed by atoms with E-state index in [1.54, 1.807) is 0 Å². The Morgan fingerprint density at radius 3 is 2.76 bits per heavy atom. The van der Waals surface area contributed by atoms with Crippen LogP contribution in [0.15, 0.2) is 35.6 Å². The molecule has 3 N–H and O–H groups in total. The van der Waals surface area contributed by atoms with E-state index in [1.807, 2.05) is 0 Å². The first-order chi connectivity index (χ1) is 16.1. The molecule has 1 aromatic carbocycles. The monoisotopic (exact) mass is 497 g/mol. The zero-order chi connectivity index (χ0) is 24.1. The average molecular weight is 497 g/mol. The fourth-order valence-electron chi connectivity index (χ4n) is 3.95. The number of thioether (sulfide) groups is 1. The number of anilines is 1. The van der Waals surface area contributed by atoms with E-state index in [1.165, 1.54) is 12.1 Å². The molecule has 180 valence electrons. The van der Waals surface area contributed by atoms with Gasteiger partial charge in [0.1, 0.15) is 11.5 Å². The molecule has 1 aliphatic carbocycles. The van der Waals surface area contributed by atoms with Crippen LogP contribution in [-0.2, 0) is 10.3 Å². The minimum Gasteiger partial charge on any atom is -0.476 e. The highest BCUT2D eigenvalue weighted by molar-refractivity contribution is 8.13. The van der Waals surface area contributed by atoms with Gasteiger partial charge < -0.3 is 20.5 Å². The molecular formula is C21H19F4N5O3S. The van der Waals surface area contributed by atoms with Crippen molar-refractivity contribution in [2.45, 2.75) is 23.6 Å². The standard InChI is InChI=1S/C21H19F4N5O3S/c22-14-2-1-12(3-13(14)20-9-32-8-19(20,23)10-34-18(26)30-20)29-17(31)15-5-28-16(6-27-15)33-7-11-4-21(11,24)25/h1-3,5-6,11H,4,7-10H2,(H2,26,30)(H,29,31)/t11?,19-,20-/m1/s1. The van der Waals surface area contributed by atoms with Gasteiger partial charge in [0, 0.05) is 23.4 Å². The van der Waals surface area contributed by atoms with E-state index >= 15 is 4.39 Å². The molecule has 3 aliphatic rings. The Morgan fingerprint density at radius 2 is 2.06 bits per heavy atom. The zero-order valence-corrected chi connectivity index (χ0v) is 18.4. The van der Waals surface area contributed by atoms with Crippen molar-refractivity contribution in [2.24, 2.45) is 16.6 Å². The summed E-state index contributed by atoms with van der Waals surface area (Å²) in [6.07, 6.45) is 2.04. The molecule has 8 nitrogen and oxygen atoms in total. The summed E-state index contributed by atoms with van der Waals surface area (Å²) in [6.45, 7) is -0.646. The Hall–Kier alpha value is -2.93. The molecule has 0 radical (unpaired) electrons. The summed E-state index contributed by atoms with van der Waals surface area (Å²) in [7, 11) is 0. The number of hydrogen-bond acceptors (Lipinski definition) is 8. The number of aromatic nitrogens is 2. The van der Waals surface area contributed by atoms with Crippen molar-refractivity contribution in [1.82, 2.24) is 9.97 Å². The SMILES string of the molecule is NC1=N[C@@]2(c3cc(NC(=O)c4cnc(OCC5CC5(F)F)cn4)ccc3F)COC[C@@]2(F)CS1. The van der Waals surface area contributed by atoms with Gasteiger partial charge in [0.25, 0.3) is 11.8 Å². The quantitative estimate of drug-likeness (QED) is 0.591. The first-order valence-corrected chi connectivity index (χ1v) is 11.3. The summed E-state index contributed by atoms with van der Waals surface area (Å²) >= 11 is 1.03. The van der Waals surface area contributed by atoms with Gasteiger partial charge in [0.05, 0.1) is 38.1 Å². The molecule has 3 heterocycles. The van der Waals surface area contributed by atoms with E-state index in [-0.39, 0.29) is 60.0 Å². The lowest BCUT2D eigenvalue weighted by Gasteiger charge is -2.38. The van der Waals surface area contributed by atoms with Crippen LogP contribution in [0, 0.1) is 11.7 Å². The molecule has 1 unspecified atom stereocenters. The maximum absolute atomic E-state index is 15.7. The predicted octanol–water partition coefficient (Wildman–Crippen LogP) is 2.90. The van der Waals surface area contributed by atoms with Gasteiger partial charge >= 0.3 is 0 Å². The van der Waals surface area contributed by atoms with E-state index in [4.69, 9.17) is 15.2 Å². The Labute approximate surface area is 195 Å². The Balaban J connectivity index is 1.32. The van der Waals surface area contributed by atoms with Crippen molar-refractivity contribution in [3.05, 3.63) is 47.7 Å². The number of carbonyl (C=O) groups excluding carboxylic acids is 1. The van der Waals surface area contributed by atoms with Gasteiger partial charge in [-0.05, 0) is 18.2 Å². The minimum absolute atomic E-state index is 0.00792. The summed E-state index contributed by atoms with van der Waals surface area (Å²) in [5.41, 5.74) is 2.20. The van der Waals surface area contributed by atoms with Crippen LogP contribution < -0.4 is 15.8 Å². The van der Waals surface area contributed by atoms with Gasteiger partial charge in [-0.2, -0.15) is 0 Å². The fraction of sp³-hybridized carbons (Fsp3) is 0.429. The highest BCUT2D eigenvalue weighted by Crippen LogP contribution is 2.51. The number of nitrogens with zero attached hydrogens (tertiary/aromatic N) is 3. The van der Waals surface area contributed by atoms with E-state index in [9.17, 15) is 18.0 Å². The number of nitrogens with one attached hydrogen (secondary N) is 1. The Kier molecular flexibility index (Phi) is 5.43. The number of nitrogens with two attached hydrogens (primary N) is 1. The number of fused-ring (bicyclic) bond motifs is 1. The van der Waals surface area contributed by atoms with Crippen LogP contribution in [0.25, 0.3) is 0 Å². The molecule has 0 spiro atoms. The number of hydrogen-bond donors (Lipinski definition) is 2. The number of rotatable bonds is 6. The smallest absolute Gasteiger partial charge is 0.275 e. The second-order valence-corrected chi connectivity index (χ2v) is 9.41. The lowest BCUT2D eigenvalue weighted by atomic mass is 9.79. The van der Waals surface area contributed by atoms with Crippen LogP contribution >= 0.6 is 11.8 Å². The molecule has 2 aliphatic heterocycles. The van der Waals surface area contributed by atoms with Gasteiger partial charge in [0.15, 0.2) is 16.4 Å². The maximum Gasteiger partial charge on any atom is 0.275 e. The van der Waals surface area contributed by atoms with Crippen molar-refractivity contribution in [1.29, 1.82) is 0 Å². The number of amidine groups is 1. The highest BCUT2D eigenvalue weighted by Gasteiger charge is 2.61. The number of amides is 1. The molecule has 5 rings (SSSR count). The molecular weight excluding hydrogens is 478 g/mol. The second-order valence-electron chi connectivity index (χ2n) is 8.42. The van der Waals surface area contributed by atoms with Gasteiger partial charge in [-0.15, -0.1) is 0 Å². The average Bonchev–Trinajstić information content (AvgIpc) is 3.27. The summed E-state index contributed by atoms with van der Waals surface area (Å²) in [5.74, 6) is -4.97. The van der Waals surface area contributed by atoms with Crippen LogP contribution in [0.5, 0.6) is 5.88 Å². The minimum atomic E-state index is -2.71. The number of aliphatic imine (C=N–C) groups is 1. The van der Waals surface area contributed by atoms with Crippen molar-refractivity contribution in [3.63, 3.8) is 0 Å². The van der Waals surface area contributed by atoms with Crippen molar-refractivity contribution < 1.29 is 31.8 Å². The van der Waals surface area contributed by atoms with Crippen LogP contribution in [0.2, 0.25) is 0 Å². The Bertz CT molecular complexity index is 1170. The third-order valence-corrected chi connectivity index (χ3v) is 7.04. The summed E-state index contributed by atoms with van der Waals surface area (Å²) in [5, 5.41) is 2.68. The molecule has 2 fully saturated rings. The van der Waals surface area contributed by atoms with Gasteiger partial charge in [0.2, 0.25) is 5.88 Å². The molecule has 34 heavy (non-hydrogen) atoms. The lowest BCUT2D eigenvalue weighted by molar-refractivity contribution is 0.0849. The number of carbonyl (C=O) groups is 1.